The van der Waals surface area contributed by atoms with Crippen LogP contribution in [-0.2, 0) is 9.59 Å². The summed E-state index contributed by atoms with van der Waals surface area (Å²) in [6.45, 7) is 1.46. The van der Waals surface area contributed by atoms with E-state index >= 15 is 0 Å². The molecule has 0 saturated carbocycles. The minimum Gasteiger partial charge on any atom is -0.295 e. The normalized spacial score (nSPS) is 19.9. The second kappa shape index (κ2) is 4.33. The molecule has 0 aliphatic carbocycles. The van der Waals surface area contributed by atoms with Gasteiger partial charge in [0.15, 0.2) is 5.78 Å². The Morgan fingerprint density at radius 1 is 1.29 bits per heavy atom. The zero-order valence-corrected chi connectivity index (χ0v) is 10.1. The molecule has 1 aromatic carbocycles. The lowest BCUT2D eigenvalue weighted by Gasteiger charge is -2.14. The Kier molecular flexibility index (Phi) is 3.02. The zero-order valence-electron chi connectivity index (χ0n) is 9.21. The van der Waals surface area contributed by atoms with Crippen LogP contribution in [0.1, 0.15) is 23.7 Å². The molecule has 1 aliphatic heterocycles. The fraction of sp³-hybridized carbons (Fsp3) is 0.250. The van der Waals surface area contributed by atoms with E-state index in [1.54, 1.807) is 24.3 Å². The van der Waals surface area contributed by atoms with Gasteiger partial charge < -0.3 is 0 Å². The summed E-state index contributed by atoms with van der Waals surface area (Å²) in [6.07, 6.45) is 0.121. The largest absolute Gasteiger partial charge is 0.295 e. The van der Waals surface area contributed by atoms with Crippen LogP contribution in [0, 0.1) is 0 Å². The third-order valence-electron chi connectivity index (χ3n) is 2.65. The molecule has 1 saturated heterocycles. The van der Waals surface area contributed by atoms with Crippen molar-refractivity contribution in [3.05, 3.63) is 29.8 Å². The van der Waals surface area contributed by atoms with Crippen molar-refractivity contribution in [1.82, 2.24) is 0 Å². The fourth-order valence-corrected chi connectivity index (χ4v) is 2.00. The number of Topliss-reactive ketones (excluding diaryl/α,β-unsaturated/α-hetero) is 1. The molecule has 2 rings (SSSR count). The Morgan fingerprint density at radius 3 is 2.29 bits per heavy atom. The molecule has 1 fully saturated rings. The molecule has 1 atom stereocenters. The van der Waals surface area contributed by atoms with E-state index in [0.717, 1.165) is 4.90 Å². The summed E-state index contributed by atoms with van der Waals surface area (Å²) in [6, 6.07) is 6.39. The first-order chi connectivity index (χ1) is 8.00. The second-order valence-corrected chi connectivity index (χ2v) is 4.51. The van der Waals surface area contributed by atoms with Crippen LogP contribution >= 0.6 is 12.6 Å². The lowest BCUT2D eigenvalue weighted by Crippen LogP contribution is -2.30. The minimum absolute atomic E-state index is 0.0531. The van der Waals surface area contributed by atoms with Crippen molar-refractivity contribution in [1.29, 1.82) is 0 Å². The second-order valence-electron chi connectivity index (χ2n) is 3.89. The smallest absolute Gasteiger partial charge is 0.247 e. The van der Waals surface area contributed by atoms with E-state index in [2.05, 4.69) is 12.6 Å². The Bertz CT molecular complexity index is 495. The van der Waals surface area contributed by atoms with Crippen molar-refractivity contribution in [2.24, 2.45) is 0 Å². The van der Waals surface area contributed by atoms with E-state index in [9.17, 15) is 14.4 Å². The maximum atomic E-state index is 11.7. The molecule has 4 nitrogen and oxygen atoms in total. The molecule has 0 N–H and O–H groups in total. The molecular weight excluding hydrogens is 238 g/mol. The zero-order chi connectivity index (χ0) is 12.6. The van der Waals surface area contributed by atoms with Crippen LogP contribution in [0.2, 0.25) is 0 Å². The van der Waals surface area contributed by atoms with Gasteiger partial charge in [0, 0.05) is 12.0 Å². The lowest BCUT2D eigenvalue weighted by molar-refractivity contribution is -0.121. The number of hydrogen-bond donors (Lipinski definition) is 1. The molecule has 17 heavy (non-hydrogen) atoms. The highest BCUT2D eigenvalue weighted by atomic mass is 32.1. The van der Waals surface area contributed by atoms with Crippen LogP contribution in [-0.4, -0.2) is 22.8 Å². The number of hydrogen-bond acceptors (Lipinski definition) is 4. The number of nitrogens with zero attached hydrogens (tertiary/aromatic N) is 1. The van der Waals surface area contributed by atoms with E-state index < -0.39 is 5.25 Å². The Hall–Kier alpha value is -1.62. The number of carbonyl (C=O) groups excluding carboxylic acids is 3. The topological polar surface area (TPSA) is 54.5 Å². The molecule has 0 aromatic heterocycles. The number of rotatable bonds is 2. The van der Waals surface area contributed by atoms with E-state index in [4.69, 9.17) is 0 Å². The highest BCUT2D eigenvalue weighted by Crippen LogP contribution is 2.25. The minimum atomic E-state index is -0.560. The molecule has 0 bridgehead atoms. The summed E-state index contributed by atoms with van der Waals surface area (Å²) in [5.74, 6) is -0.623. The van der Waals surface area contributed by atoms with Gasteiger partial charge in [-0.1, -0.05) is 0 Å². The number of imide groups is 1. The van der Waals surface area contributed by atoms with Crippen molar-refractivity contribution in [3.8, 4) is 0 Å². The number of thiol groups is 1. The molecule has 1 aliphatic rings. The van der Waals surface area contributed by atoms with Crippen LogP contribution in [0.3, 0.4) is 0 Å². The van der Waals surface area contributed by atoms with E-state index in [1.807, 2.05) is 0 Å². The summed E-state index contributed by atoms with van der Waals surface area (Å²) in [5.41, 5.74) is 1.04. The highest BCUT2D eigenvalue weighted by molar-refractivity contribution is 7.82. The average Bonchev–Trinajstić information content (AvgIpc) is 2.53. The van der Waals surface area contributed by atoms with Gasteiger partial charge in [-0.05, 0) is 31.2 Å². The van der Waals surface area contributed by atoms with Crippen molar-refractivity contribution < 1.29 is 14.4 Å². The Morgan fingerprint density at radius 2 is 1.88 bits per heavy atom. The van der Waals surface area contributed by atoms with E-state index in [0.29, 0.717) is 11.3 Å². The summed E-state index contributed by atoms with van der Waals surface area (Å²) in [4.78, 5) is 35.5. The van der Waals surface area contributed by atoms with Crippen LogP contribution in [0.4, 0.5) is 5.69 Å². The fourth-order valence-electron chi connectivity index (χ4n) is 1.73. The van der Waals surface area contributed by atoms with Gasteiger partial charge in [0.25, 0.3) is 0 Å². The van der Waals surface area contributed by atoms with Crippen molar-refractivity contribution in [3.63, 3.8) is 0 Å². The molecule has 0 spiro atoms. The highest BCUT2D eigenvalue weighted by Gasteiger charge is 2.37. The molecule has 1 unspecified atom stereocenters. The molecule has 1 heterocycles. The number of ketones is 1. The van der Waals surface area contributed by atoms with E-state index in [1.165, 1.54) is 6.92 Å². The van der Waals surface area contributed by atoms with Crippen molar-refractivity contribution >= 4 is 35.9 Å². The van der Waals surface area contributed by atoms with Gasteiger partial charge in [-0.25, -0.2) is 4.90 Å². The van der Waals surface area contributed by atoms with Crippen molar-refractivity contribution in [2.45, 2.75) is 18.6 Å². The molecule has 5 heteroatoms. The maximum Gasteiger partial charge on any atom is 0.247 e. The first-order valence-corrected chi connectivity index (χ1v) is 5.68. The quantitative estimate of drug-likeness (QED) is 0.490. The summed E-state index contributed by atoms with van der Waals surface area (Å²) >= 11 is 4.04. The summed E-state index contributed by atoms with van der Waals surface area (Å²) in [7, 11) is 0. The summed E-state index contributed by atoms with van der Waals surface area (Å²) < 4.78 is 0. The van der Waals surface area contributed by atoms with Crippen LogP contribution in [0.15, 0.2) is 24.3 Å². The standard InChI is InChI=1S/C12H11NO3S/c1-7(14)8-2-4-9(5-3-8)13-11(15)6-10(17)12(13)16/h2-5,10,17H,6H2,1H3. The van der Waals surface area contributed by atoms with Gasteiger partial charge in [-0.3, -0.25) is 14.4 Å². The SMILES string of the molecule is CC(=O)c1ccc(N2C(=O)CC(S)C2=O)cc1. The molecule has 0 radical (unpaired) electrons. The van der Waals surface area contributed by atoms with Crippen LogP contribution in [0.25, 0.3) is 0 Å². The van der Waals surface area contributed by atoms with Gasteiger partial charge in [0.2, 0.25) is 11.8 Å². The number of amides is 2. The number of carbonyl (C=O) groups is 3. The van der Waals surface area contributed by atoms with Crippen LogP contribution in [0.5, 0.6) is 0 Å². The average molecular weight is 249 g/mol. The predicted molar refractivity (Wildman–Crippen MR) is 66.3 cm³/mol. The Balaban J connectivity index is 2.32. The first kappa shape index (κ1) is 11.9. The molecule has 2 amide bonds. The van der Waals surface area contributed by atoms with Crippen molar-refractivity contribution in [2.75, 3.05) is 4.90 Å². The van der Waals surface area contributed by atoms with Gasteiger partial charge in [0.1, 0.15) is 0 Å². The number of anilines is 1. The maximum absolute atomic E-state index is 11.7. The summed E-state index contributed by atoms with van der Waals surface area (Å²) in [5, 5.41) is -0.560. The predicted octanol–water partition coefficient (Wildman–Crippen LogP) is 1.45. The van der Waals surface area contributed by atoms with E-state index in [-0.39, 0.29) is 24.0 Å². The number of benzene rings is 1. The third kappa shape index (κ3) is 2.10. The third-order valence-corrected chi connectivity index (χ3v) is 3.06. The monoisotopic (exact) mass is 249 g/mol. The first-order valence-electron chi connectivity index (χ1n) is 5.16. The van der Waals surface area contributed by atoms with Gasteiger partial charge in [0.05, 0.1) is 10.9 Å². The molecular formula is C12H11NO3S. The van der Waals surface area contributed by atoms with Gasteiger partial charge in [-0.2, -0.15) is 12.6 Å². The lowest BCUT2D eigenvalue weighted by atomic mass is 10.1. The molecule has 1 aromatic rings. The Labute approximate surface area is 104 Å². The van der Waals surface area contributed by atoms with Crippen LogP contribution < -0.4 is 4.90 Å². The molecule has 88 valence electrons. The van der Waals surface area contributed by atoms with Gasteiger partial charge >= 0.3 is 0 Å². The van der Waals surface area contributed by atoms with Gasteiger partial charge in [-0.15, -0.1) is 0 Å².